The smallest absolute Gasteiger partial charge is 0.244 e. The minimum absolute atomic E-state index is 0.375. The molecule has 1 aromatic heterocycles. The standard InChI is InChI=1S/C20H30N4O3S/c1-5-24-17(14-6-8-15(26-4)9-7-14)21-19(23-24)22-18(25)20(2,3)28-16-10-12-27-13-11-16/h6-9,16,18,25H,5,10-13H2,1-4H3,(H,22,23). The average molecular weight is 407 g/mol. The van der Waals surface area contributed by atoms with Crippen molar-refractivity contribution in [2.75, 3.05) is 25.6 Å². The number of aromatic nitrogens is 3. The molecule has 1 atom stereocenters. The van der Waals surface area contributed by atoms with E-state index < -0.39 is 6.23 Å². The van der Waals surface area contributed by atoms with E-state index in [1.807, 2.05) is 49.7 Å². The third-order valence-electron chi connectivity index (χ3n) is 4.88. The average Bonchev–Trinajstić information content (AvgIpc) is 3.11. The Balaban J connectivity index is 1.71. The summed E-state index contributed by atoms with van der Waals surface area (Å²) in [7, 11) is 1.65. The Kier molecular flexibility index (Phi) is 6.85. The number of aryl methyl sites for hydroxylation is 1. The first-order valence-corrected chi connectivity index (χ1v) is 10.6. The number of rotatable bonds is 8. The first-order valence-electron chi connectivity index (χ1n) is 9.72. The fourth-order valence-corrected chi connectivity index (χ4v) is 4.64. The van der Waals surface area contributed by atoms with Crippen LogP contribution in [0.3, 0.4) is 0 Å². The van der Waals surface area contributed by atoms with Gasteiger partial charge in [0.2, 0.25) is 5.95 Å². The zero-order valence-corrected chi connectivity index (χ0v) is 17.8. The highest BCUT2D eigenvalue weighted by atomic mass is 32.2. The van der Waals surface area contributed by atoms with E-state index >= 15 is 0 Å². The van der Waals surface area contributed by atoms with Gasteiger partial charge in [-0.25, -0.2) is 4.68 Å². The van der Waals surface area contributed by atoms with Gasteiger partial charge in [0, 0.05) is 30.6 Å². The van der Waals surface area contributed by atoms with Crippen molar-refractivity contribution in [2.24, 2.45) is 0 Å². The van der Waals surface area contributed by atoms with E-state index in [0.29, 0.717) is 17.7 Å². The molecule has 7 nitrogen and oxygen atoms in total. The molecule has 0 amide bonds. The van der Waals surface area contributed by atoms with Gasteiger partial charge in [0.15, 0.2) is 5.82 Å². The number of aliphatic hydroxyl groups excluding tert-OH is 1. The molecule has 1 fully saturated rings. The largest absolute Gasteiger partial charge is 0.497 e. The zero-order chi connectivity index (χ0) is 20.1. The Morgan fingerprint density at radius 2 is 2.00 bits per heavy atom. The topological polar surface area (TPSA) is 81.4 Å². The predicted molar refractivity (Wildman–Crippen MR) is 113 cm³/mol. The molecule has 0 saturated carbocycles. The minimum atomic E-state index is -0.767. The van der Waals surface area contributed by atoms with Crippen molar-refractivity contribution in [1.29, 1.82) is 0 Å². The summed E-state index contributed by atoms with van der Waals surface area (Å²) in [6.07, 6.45) is 1.27. The maximum Gasteiger partial charge on any atom is 0.244 e. The van der Waals surface area contributed by atoms with Crippen LogP contribution in [0.1, 0.15) is 33.6 Å². The number of hydrogen-bond donors (Lipinski definition) is 2. The van der Waals surface area contributed by atoms with Gasteiger partial charge in [0.05, 0.1) is 11.9 Å². The molecular weight excluding hydrogens is 376 g/mol. The highest BCUT2D eigenvalue weighted by Crippen LogP contribution is 2.36. The van der Waals surface area contributed by atoms with Gasteiger partial charge in [0.1, 0.15) is 12.0 Å². The van der Waals surface area contributed by atoms with Crippen LogP contribution in [0, 0.1) is 0 Å². The molecule has 0 radical (unpaired) electrons. The Morgan fingerprint density at radius 1 is 1.32 bits per heavy atom. The second kappa shape index (κ2) is 9.15. The molecule has 0 spiro atoms. The number of ether oxygens (including phenoxy) is 2. The summed E-state index contributed by atoms with van der Waals surface area (Å²) >= 11 is 1.80. The molecule has 1 aromatic carbocycles. The normalized spacial score (nSPS) is 16.8. The molecule has 28 heavy (non-hydrogen) atoms. The number of anilines is 1. The lowest BCUT2D eigenvalue weighted by Gasteiger charge is -2.35. The van der Waals surface area contributed by atoms with Crippen LogP contribution in [0.2, 0.25) is 0 Å². The van der Waals surface area contributed by atoms with Crippen LogP contribution in [0.4, 0.5) is 5.95 Å². The van der Waals surface area contributed by atoms with Crippen LogP contribution in [-0.4, -0.2) is 56.4 Å². The summed E-state index contributed by atoms with van der Waals surface area (Å²) in [6, 6.07) is 7.72. The van der Waals surface area contributed by atoms with Crippen LogP contribution in [0.25, 0.3) is 11.4 Å². The predicted octanol–water partition coefficient (Wildman–Crippen LogP) is 3.39. The number of aliphatic hydroxyl groups is 1. The van der Waals surface area contributed by atoms with Crippen molar-refractivity contribution in [3.05, 3.63) is 24.3 Å². The quantitative estimate of drug-likeness (QED) is 0.650. The highest BCUT2D eigenvalue weighted by Gasteiger charge is 2.33. The monoisotopic (exact) mass is 406 g/mol. The number of benzene rings is 1. The van der Waals surface area contributed by atoms with Crippen molar-refractivity contribution in [2.45, 2.75) is 56.4 Å². The minimum Gasteiger partial charge on any atom is -0.497 e. The molecule has 8 heteroatoms. The van der Waals surface area contributed by atoms with E-state index in [0.717, 1.165) is 43.2 Å². The van der Waals surface area contributed by atoms with E-state index in [1.165, 1.54) is 0 Å². The molecule has 1 aliphatic rings. The van der Waals surface area contributed by atoms with Crippen molar-refractivity contribution in [3.63, 3.8) is 0 Å². The summed E-state index contributed by atoms with van der Waals surface area (Å²) < 4.78 is 12.1. The first-order chi connectivity index (χ1) is 13.4. The number of hydrogen-bond acceptors (Lipinski definition) is 7. The van der Waals surface area contributed by atoms with Gasteiger partial charge in [-0.05, 0) is 57.9 Å². The summed E-state index contributed by atoms with van der Waals surface area (Å²) in [5.41, 5.74) is 0.952. The molecule has 2 N–H and O–H groups in total. The van der Waals surface area contributed by atoms with Crippen LogP contribution in [0.5, 0.6) is 5.75 Å². The number of nitrogens with one attached hydrogen (secondary N) is 1. The maximum atomic E-state index is 10.8. The molecular formula is C20H30N4O3S. The van der Waals surface area contributed by atoms with Crippen molar-refractivity contribution in [1.82, 2.24) is 14.8 Å². The fourth-order valence-electron chi connectivity index (χ4n) is 3.16. The van der Waals surface area contributed by atoms with E-state index in [-0.39, 0.29) is 4.75 Å². The molecule has 2 heterocycles. The van der Waals surface area contributed by atoms with Gasteiger partial charge in [-0.15, -0.1) is 16.9 Å². The van der Waals surface area contributed by atoms with Crippen LogP contribution >= 0.6 is 11.8 Å². The third kappa shape index (κ3) is 4.98. The maximum absolute atomic E-state index is 10.8. The molecule has 1 aliphatic heterocycles. The zero-order valence-electron chi connectivity index (χ0n) is 17.0. The van der Waals surface area contributed by atoms with E-state index in [1.54, 1.807) is 18.9 Å². The van der Waals surface area contributed by atoms with Gasteiger partial charge in [-0.2, -0.15) is 4.98 Å². The van der Waals surface area contributed by atoms with Crippen molar-refractivity contribution in [3.8, 4) is 17.1 Å². The fraction of sp³-hybridized carbons (Fsp3) is 0.600. The summed E-state index contributed by atoms with van der Waals surface area (Å²) in [6.45, 7) is 8.40. The van der Waals surface area contributed by atoms with Crippen LogP contribution in [-0.2, 0) is 11.3 Å². The van der Waals surface area contributed by atoms with E-state index in [2.05, 4.69) is 15.4 Å². The molecule has 2 aromatic rings. The lowest BCUT2D eigenvalue weighted by Crippen LogP contribution is -2.41. The first kappa shape index (κ1) is 21.0. The van der Waals surface area contributed by atoms with Crippen LogP contribution in [0.15, 0.2) is 24.3 Å². The van der Waals surface area contributed by atoms with E-state index in [4.69, 9.17) is 9.47 Å². The molecule has 154 valence electrons. The highest BCUT2D eigenvalue weighted by molar-refractivity contribution is 8.01. The molecule has 3 rings (SSSR count). The summed E-state index contributed by atoms with van der Waals surface area (Å²) in [5, 5.41) is 18.9. The summed E-state index contributed by atoms with van der Waals surface area (Å²) in [5.74, 6) is 1.99. The third-order valence-corrected chi connectivity index (χ3v) is 6.52. The molecule has 1 saturated heterocycles. The lowest BCUT2D eigenvalue weighted by atomic mass is 10.2. The Bertz CT molecular complexity index is 757. The molecule has 0 bridgehead atoms. The number of nitrogens with zero attached hydrogens (tertiary/aromatic N) is 3. The van der Waals surface area contributed by atoms with Gasteiger partial charge in [-0.3, -0.25) is 0 Å². The van der Waals surface area contributed by atoms with Crippen LogP contribution < -0.4 is 10.1 Å². The van der Waals surface area contributed by atoms with Crippen molar-refractivity contribution < 1.29 is 14.6 Å². The van der Waals surface area contributed by atoms with Gasteiger partial charge < -0.3 is 19.9 Å². The van der Waals surface area contributed by atoms with Gasteiger partial charge >= 0.3 is 0 Å². The van der Waals surface area contributed by atoms with Gasteiger partial charge in [0.25, 0.3) is 0 Å². The Morgan fingerprint density at radius 3 is 2.61 bits per heavy atom. The number of methoxy groups -OCH3 is 1. The SMILES string of the molecule is CCn1nc(NC(O)C(C)(C)SC2CCOCC2)nc1-c1ccc(OC)cc1. The van der Waals surface area contributed by atoms with Gasteiger partial charge in [-0.1, -0.05) is 0 Å². The second-order valence-corrected chi connectivity index (χ2v) is 9.34. The Hall–Kier alpha value is -1.77. The molecule has 1 unspecified atom stereocenters. The second-order valence-electron chi connectivity index (χ2n) is 7.38. The number of thioether (sulfide) groups is 1. The molecule has 0 aliphatic carbocycles. The Labute approximate surface area is 170 Å². The summed E-state index contributed by atoms with van der Waals surface area (Å²) in [4.78, 5) is 4.62. The van der Waals surface area contributed by atoms with Crippen molar-refractivity contribution >= 4 is 17.7 Å². The van der Waals surface area contributed by atoms with E-state index in [9.17, 15) is 5.11 Å². The lowest BCUT2D eigenvalue weighted by molar-refractivity contribution is 0.0991.